The van der Waals surface area contributed by atoms with Crippen LogP contribution in [0.1, 0.15) is 6.92 Å². The van der Waals surface area contributed by atoms with Crippen LogP contribution in [0.5, 0.6) is 5.75 Å². The Morgan fingerprint density at radius 2 is 1.71 bits per heavy atom. The molecule has 140 valence electrons. The summed E-state index contributed by atoms with van der Waals surface area (Å²) in [6.45, 7) is 2.44. The van der Waals surface area contributed by atoms with Crippen molar-refractivity contribution >= 4 is 39.0 Å². The molecule has 0 spiro atoms. The molecule has 0 radical (unpaired) electrons. The minimum atomic E-state index is -0.320. The van der Waals surface area contributed by atoms with Crippen LogP contribution in [-0.4, -0.2) is 17.6 Å². The number of ether oxygens (including phenoxy) is 1. The van der Waals surface area contributed by atoms with Crippen LogP contribution >= 0.6 is 11.3 Å². The van der Waals surface area contributed by atoms with Gasteiger partial charge in [0.25, 0.3) is 0 Å². The molecule has 1 aromatic heterocycles. The number of hydrogen-bond acceptors (Lipinski definition) is 4. The second-order valence-corrected chi connectivity index (χ2v) is 7.10. The fraction of sp³-hybridized carbons (Fsp3) is 0.0909. The first-order valence-corrected chi connectivity index (χ1v) is 9.80. The van der Waals surface area contributed by atoms with Crippen LogP contribution in [0.15, 0.2) is 72.8 Å². The van der Waals surface area contributed by atoms with Crippen LogP contribution in [0.4, 0.5) is 16.2 Å². The van der Waals surface area contributed by atoms with Gasteiger partial charge < -0.3 is 15.4 Å². The molecule has 4 aromatic rings. The molecule has 1 heterocycles. The van der Waals surface area contributed by atoms with Crippen molar-refractivity contribution < 1.29 is 9.53 Å². The van der Waals surface area contributed by atoms with Crippen molar-refractivity contribution in [1.29, 1.82) is 0 Å². The Bertz CT molecular complexity index is 1070. The predicted octanol–water partition coefficient (Wildman–Crippen LogP) is 6.01. The summed E-state index contributed by atoms with van der Waals surface area (Å²) in [7, 11) is 0. The smallest absolute Gasteiger partial charge is 0.323 e. The van der Waals surface area contributed by atoms with Gasteiger partial charge in [-0.2, -0.15) is 0 Å². The molecule has 28 heavy (non-hydrogen) atoms. The molecule has 0 aliphatic rings. The van der Waals surface area contributed by atoms with E-state index in [2.05, 4.69) is 21.7 Å². The topological polar surface area (TPSA) is 63.2 Å². The highest BCUT2D eigenvalue weighted by Gasteiger charge is 2.09. The van der Waals surface area contributed by atoms with E-state index >= 15 is 0 Å². The number of amides is 2. The number of aromatic nitrogens is 1. The molecule has 0 fully saturated rings. The third-order valence-corrected chi connectivity index (χ3v) is 5.20. The maximum Gasteiger partial charge on any atom is 0.323 e. The van der Waals surface area contributed by atoms with E-state index in [1.165, 1.54) is 0 Å². The minimum absolute atomic E-state index is 0.320. The van der Waals surface area contributed by atoms with Gasteiger partial charge in [-0.05, 0) is 55.5 Å². The summed E-state index contributed by atoms with van der Waals surface area (Å²) in [5.74, 6) is 0.645. The van der Waals surface area contributed by atoms with E-state index < -0.39 is 0 Å². The molecular formula is C22H19N3O2S. The number of thiazole rings is 1. The highest BCUT2D eigenvalue weighted by atomic mass is 32.1. The lowest BCUT2D eigenvalue weighted by Gasteiger charge is -2.12. The van der Waals surface area contributed by atoms with Gasteiger partial charge in [-0.3, -0.25) is 0 Å². The van der Waals surface area contributed by atoms with Gasteiger partial charge in [0.1, 0.15) is 10.8 Å². The first-order valence-electron chi connectivity index (χ1n) is 8.99. The minimum Gasteiger partial charge on any atom is -0.492 e. The zero-order valence-corrected chi connectivity index (χ0v) is 16.1. The molecule has 0 aliphatic heterocycles. The number of para-hydroxylation sites is 3. The molecule has 0 saturated carbocycles. The van der Waals surface area contributed by atoms with Gasteiger partial charge in [0.15, 0.2) is 0 Å². The number of benzene rings is 3. The Morgan fingerprint density at radius 3 is 2.50 bits per heavy atom. The molecule has 3 aromatic carbocycles. The summed E-state index contributed by atoms with van der Waals surface area (Å²) in [5.41, 5.74) is 3.36. The molecule has 0 bridgehead atoms. The highest BCUT2D eigenvalue weighted by molar-refractivity contribution is 7.21. The number of fused-ring (bicyclic) bond motifs is 1. The largest absolute Gasteiger partial charge is 0.492 e. The lowest BCUT2D eigenvalue weighted by atomic mass is 10.2. The number of hydrogen-bond donors (Lipinski definition) is 2. The predicted molar refractivity (Wildman–Crippen MR) is 115 cm³/mol. The number of nitrogens with one attached hydrogen (secondary N) is 2. The van der Waals surface area contributed by atoms with Gasteiger partial charge in [-0.1, -0.05) is 24.3 Å². The van der Waals surface area contributed by atoms with Crippen LogP contribution in [0.2, 0.25) is 0 Å². The molecule has 6 heteroatoms. The van der Waals surface area contributed by atoms with Crippen molar-refractivity contribution in [2.24, 2.45) is 0 Å². The third-order valence-electron chi connectivity index (χ3n) is 4.12. The number of urea groups is 1. The number of anilines is 2. The van der Waals surface area contributed by atoms with Crippen LogP contribution in [0.3, 0.4) is 0 Å². The lowest BCUT2D eigenvalue weighted by molar-refractivity contribution is 0.262. The Morgan fingerprint density at radius 1 is 0.964 bits per heavy atom. The van der Waals surface area contributed by atoms with E-state index in [9.17, 15) is 4.79 Å². The standard InChI is InChI=1S/C22H19N3O2S/c1-2-27-19-9-5-3-7-17(19)25-22(26)23-16-13-11-15(12-14-16)21-24-18-8-4-6-10-20(18)28-21/h3-14H,2H2,1H3,(H2,23,25,26). The van der Waals surface area contributed by atoms with Crippen LogP contribution in [0, 0.1) is 0 Å². The number of carbonyl (C=O) groups is 1. The molecule has 2 amide bonds. The van der Waals surface area contributed by atoms with Crippen molar-refractivity contribution in [3.05, 3.63) is 72.8 Å². The zero-order valence-electron chi connectivity index (χ0n) is 15.3. The van der Waals surface area contributed by atoms with E-state index in [0.717, 1.165) is 20.8 Å². The van der Waals surface area contributed by atoms with Gasteiger partial charge in [-0.15, -0.1) is 11.3 Å². The summed E-state index contributed by atoms with van der Waals surface area (Å²) in [6.07, 6.45) is 0. The molecular weight excluding hydrogens is 370 g/mol. The van der Waals surface area contributed by atoms with Crippen LogP contribution in [0.25, 0.3) is 20.8 Å². The van der Waals surface area contributed by atoms with Gasteiger partial charge in [0.05, 0.1) is 22.5 Å². The molecule has 0 atom stereocenters. The molecule has 0 aliphatic carbocycles. The second kappa shape index (κ2) is 8.10. The van der Waals surface area contributed by atoms with Crippen molar-refractivity contribution in [1.82, 2.24) is 4.98 Å². The average Bonchev–Trinajstić information content (AvgIpc) is 3.14. The third kappa shape index (κ3) is 3.97. The Kier molecular flexibility index (Phi) is 5.21. The van der Waals surface area contributed by atoms with Crippen molar-refractivity contribution in [3.8, 4) is 16.3 Å². The molecule has 0 unspecified atom stereocenters. The Balaban J connectivity index is 1.45. The number of carbonyl (C=O) groups excluding carboxylic acids is 1. The Labute approximate surface area is 167 Å². The summed E-state index contributed by atoms with van der Waals surface area (Å²) in [4.78, 5) is 17.0. The van der Waals surface area contributed by atoms with Crippen molar-refractivity contribution in [2.75, 3.05) is 17.2 Å². The lowest BCUT2D eigenvalue weighted by Crippen LogP contribution is -2.19. The average molecular weight is 389 g/mol. The van der Waals surface area contributed by atoms with Gasteiger partial charge in [-0.25, -0.2) is 9.78 Å². The summed E-state index contributed by atoms with van der Waals surface area (Å²) < 4.78 is 6.69. The number of nitrogens with zero attached hydrogens (tertiary/aromatic N) is 1. The number of rotatable bonds is 5. The van der Waals surface area contributed by atoms with Gasteiger partial charge in [0, 0.05) is 11.3 Å². The normalized spacial score (nSPS) is 10.6. The van der Waals surface area contributed by atoms with E-state index in [4.69, 9.17) is 4.74 Å². The fourth-order valence-corrected chi connectivity index (χ4v) is 3.80. The van der Waals surface area contributed by atoms with Gasteiger partial charge >= 0.3 is 6.03 Å². The van der Waals surface area contributed by atoms with Crippen LogP contribution < -0.4 is 15.4 Å². The van der Waals surface area contributed by atoms with Crippen LogP contribution in [-0.2, 0) is 0 Å². The summed E-state index contributed by atoms with van der Waals surface area (Å²) in [5, 5.41) is 6.63. The maximum atomic E-state index is 12.3. The quantitative estimate of drug-likeness (QED) is 0.440. The summed E-state index contributed by atoms with van der Waals surface area (Å²) >= 11 is 1.65. The molecule has 2 N–H and O–H groups in total. The molecule has 5 nitrogen and oxygen atoms in total. The van der Waals surface area contributed by atoms with E-state index in [1.54, 1.807) is 17.4 Å². The fourth-order valence-electron chi connectivity index (χ4n) is 2.83. The molecule has 0 saturated heterocycles. The zero-order chi connectivity index (χ0) is 19.3. The van der Waals surface area contributed by atoms with Crippen molar-refractivity contribution in [3.63, 3.8) is 0 Å². The first-order chi connectivity index (χ1) is 13.7. The van der Waals surface area contributed by atoms with E-state index in [1.807, 2.05) is 67.6 Å². The highest BCUT2D eigenvalue weighted by Crippen LogP contribution is 2.30. The van der Waals surface area contributed by atoms with E-state index in [-0.39, 0.29) is 6.03 Å². The second-order valence-electron chi connectivity index (χ2n) is 6.07. The molecule has 4 rings (SSSR count). The van der Waals surface area contributed by atoms with Gasteiger partial charge in [0.2, 0.25) is 0 Å². The maximum absolute atomic E-state index is 12.3. The monoisotopic (exact) mass is 389 g/mol. The van der Waals surface area contributed by atoms with Crippen molar-refractivity contribution in [2.45, 2.75) is 6.92 Å². The first kappa shape index (κ1) is 18.0. The SMILES string of the molecule is CCOc1ccccc1NC(=O)Nc1ccc(-c2nc3ccccc3s2)cc1. The summed E-state index contributed by atoms with van der Waals surface area (Å²) in [6, 6.07) is 22.8. The van der Waals surface area contributed by atoms with E-state index in [0.29, 0.717) is 23.7 Å². The Hall–Kier alpha value is -3.38.